The number of rotatable bonds is 2. The van der Waals surface area contributed by atoms with Crippen LogP contribution in [0.3, 0.4) is 0 Å². The van der Waals surface area contributed by atoms with E-state index in [1.165, 1.54) is 30.3 Å². The second kappa shape index (κ2) is 5.40. The second-order valence-electron chi connectivity index (χ2n) is 4.07. The number of hydrogen-bond acceptors (Lipinski definition) is 2. The molecule has 5 heteroatoms. The van der Waals surface area contributed by atoms with Crippen LogP contribution in [0.4, 0.5) is 10.1 Å². The van der Waals surface area contributed by atoms with E-state index in [9.17, 15) is 14.3 Å². The standard InChI is InChI=1S/C14H11BrFNO2/c1-8-6-10(16)3-5-12(8)17-14(19)11-4-2-9(15)7-13(11)18/h2-7,18H,1H3,(H,17,19). The minimum atomic E-state index is -0.445. The fraction of sp³-hybridized carbons (Fsp3) is 0.0714. The SMILES string of the molecule is Cc1cc(F)ccc1NC(=O)c1ccc(Br)cc1O. The Hall–Kier alpha value is -1.88. The molecule has 0 heterocycles. The van der Waals surface area contributed by atoms with Crippen molar-refractivity contribution in [1.82, 2.24) is 0 Å². The summed E-state index contributed by atoms with van der Waals surface area (Å²) in [5.74, 6) is -0.923. The van der Waals surface area contributed by atoms with E-state index < -0.39 is 5.91 Å². The van der Waals surface area contributed by atoms with Crippen molar-refractivity contribution >= 4 is 27.5 Å². The quantitative estimate of drug-likeness (QED) is 0.881. The fourth-order valence-corrected chi connectivity index (χ4v) is 2.00. The van der Waals surface area contributed by atoms with Gasteiger partial charge in [-0.15, -0.1) is 0 Å². The van der Waals surface area contributed by atoms with Gasteiger partial charge in [-0.1, -0.05) is 15.9 Å². The highest BCUT2D eigenvalue weighted by molar-refractivity contribution is 9.10. The van der Waals surface area contributed by atoms with Gasteiger partial charge in [0.1, 0.15) is 11.6 Å². The van der Waals surface area contributed by atoms with E-state index in [0.717, 1.165) is 0 Å². The highest BCUT2D eigenvalue weighted by Gasteiger charge is 2.12. The smallest absolute Gasteiger partial charge is 0.259 e. The van der Waals surface area contributed by atoms with Crippen LogP contribution in [-0.2, 0) is 0 Å². The summed E-state index contributed by atoms with van der Waals surface area (Å²) >= 11 is 3.20. The average Bonchev–Trinajstić information content (AvgIpc) is 2.32. The summed E-state index contributed by atoms with van der Waals surface area (Å²) in [7, 11) is 0. The summed E-state index contributed by atoms with van der Waals surface area (Å²) in [5, 5.41) is 12.3. The van der Waals surface area contributed by atoms with Gasteiger partial charge in [0.05, 0.1) is 5.56 Å². The zero-order valence-corrected chi connectivity index (χ0v) is 11.7. The van der Waals surface area contributed by atoms with Gasteiger partial charge >= 0.3 is 0 Å². The Morgan fingerprint density at radius 3 is 2.63 bits per heavy atom. The molecule has 0 saturated carbocycles. The molecule has 1 amide bonds. The molecule has 0 radical (unpaired) electrons. The number of anilines is 1. The van der Waals surface area contributed by atoms with Crippen molar-refractivity contribution in [2.24, 2.45) is 0 Å². The number of nitrogens with one attached hydrogen (secondary N) is 1. The Kier molecular flexibility index (Phi) is 3.85. The molecule has 0 spiro atoms. The molecule has 2 aromatic carbocycles. The molecule has 0 saturated heterocycles. The number of amides is 1. The van der Waals surface area contributed by atoms with E-state index in [0.29, 0.717) is 15.7 Å². The first-order valence-electron chi connectivity index (χ1n) is 5.53. The molecule has 2 N–H and O–H groups in total. The predicted molar refractivity (Wildman–Crippen MR) is 74.9 cm³/mol. The summed E-state index contributed by atoms with van der Waals surface area (Å²) in [5.41, 5.74) is 1.28. The molecular formula is C14H11BrFNO2. The van der Waals surface area contributed by atoms with Gasteiger partial charge in [-0.05, 0) is 48.9 Å². The van der Waals surface area contributed by atoms with Crippen LogP contribution in [0, 0.1) is 12.7 Å². The van der Waals surface area contributed by atoms with Crippen LogP contribution in [0.2, 0.25) is 0 Å². The second-order valence-corrected chi connectivity index (χ2v) is 4.99. The van der Waals surface area contributed by atoms with Crippen LogP contribution in [0.1, 0.15) is 15.9 Å². The van der Waals surface area contributed by atoms with Gasteiger partial charge in [-0.3, -0.25) is 4.79 Å². The average molecular weight is 324 g/mol. The number of benzene rings is 2. The van der Waals surface area contributed by atoms with E-state index >= 15 is 0 Å². The number of aromatic hydroxyl groups is 1. The first-order valence-corrected chi connectivity index (χ1v) is 6.32. The van der Waals surface area contributed by atoms with Gasteiger partial charge in [0.15, 0.2) is 0 Å². The highest BCUT2D eigenvalue weighted by atomic mass is 79.9. The first kappa shape index (κ1) is 13.5. The summed E-state index contributed by atoms with van der Waals surface area (Å²) < 4.78 is 13.6. The lowest BCUT2D eigenvalue weighted by Gasteiger charge is -2.09. The van der Waals surface area contributed by atoms with Crippen LogP contribution in [0.15, 0.2) is 40.9 Å². The molecule has 2 aromatic rings. The van der Waals surface area contributed by atoms with Gasteiger partial charge in [0.25, 0.3) is 5.91 Å². The molecular weight excluding hydrogens is 313 g/mol. The van der Waals surface area contributed by atoms with Crippen molar-refractivity contribution in [2.75, 3.05) is 5.32 Å². The maximum Gasteiger partial charge on any atom is 0.259 e. The van der Waals surface area contributed by atoms with Gasteiger partial charge < -0.3 is 10.4 Å². The van der Waals surface area contributed by atoms with Crippen LogP contribution in [0.5, 0.6) is 5.75 Å². The number of halogens is 2. The lowest BCUT2D eigenvalue weighted by Crippen LogP contribution is -2.13. The van der Waals surface area contributed by atoms with Crippen molar-refractivity contribution in [3.8, 4) is 5.75 Å². The maximum absolute atomic E-state index is 13.0. The van der Waals surface area contributed by atoms with E-state index in [1.54, 1.807) is 13.0 Å². The molecule has 0 fully saturated rings. The third-order valence-electron chi connectivity index (χ3n) is 2.64. The van der Waals surface area contributed by atoms with Crippen molar-refractivity contribution in [2.45, 2.75) is 6.92 Å². The molecule has 0 aliphatic carbocycles. The van der Waals surface area contributed by atoms with Gasteiger partial charge in [0, 0.05) is 10.2 Å². The van der Waals surface area contributed by atoms with Crippen molar-refractivity contribution in [3.05, 3.63) is 57.8 Å². The zero-order chi connectivity index (χ0) is 14.0. The van der Waals surface area contributed by atoms with E-state index in [2.05, 4.69) is 21.2 Å². The maximum atomic E-state index is 13.0. The molecule has 0 aliphatic heterocycles. The van der Waals surface area contributed by atoms with Crippen LogP contribution in [0.25, 0.3) is 0 Å². The number of aryl methyl sites for hydroxylation is 1. The summed E-state index contributed by atoms with van der Waals surface area (Å²) in [6, 6.07) is 8.69. The van der Waals surface area contributed by atoms with Crippen LogP contribution >= 0.6 is 15.9 Å². The zero-order valence-electron chi connectivity index (χ0n) is 10.1. The number of carbonyl (C=O) groups excluding carboxylic acids is 1. The van der Waals surface area contributed by atoms with Gasteiger partial charge in [-0.25, -0.2) is 4.39 Å². The van der Waals surface area contributed by atoms with Crippen molar-refractivity contribution < 1.29 is 14.3 Å². The molecule has 0 bridgehead atoms. The summed E-state index contributed by atoms with van der Waals surface area (Å²) in [6.45, 7) is 1.69. The Morgan fingerprint density at radius 1 is 1.26 bits per heavy atom. The van der Waals surface area contributed by atoms with E-state index in [-0.39, 0.29) is 17.1 Å². The lowest BCUT2D eigenvalue weighted by molar-refractivity contribution is 0.102. The molecule has 0 atom stereocenters. The number of carbonyl (C=O) groups is 1. The fourth-order valence-electron chi connectivity index (χ4n) is 1.65. The van der Waals surface area contributed by atoms with Gasteiger partial charge in [-0.2, -0.15) is 0 Å². The summed E-state index contributed by atoms with van der Waals surface area (Å²) in [6.07, 6.45) is 0. The number of hydrogen-bond donors (Lipinski definition) is 2. The number of phenols is 1. The third kappa shape index (κ3) is 3.12. The number of phenolic OH excluding ortho intramolecular Hbond substituents is 1. The molecule has 2 rings (SSSR count). The molecule has 98 valence electrons. The third-order valence-corrected chi connectivity index (χ3v) is 3.13. The van der Waals surface area contributed by atoms with Gasteiger partial charge in [0.2, 0.25) is 0 Å². The van der Waals surface area contributed by atoms with Crippen molar-refractivity contribution in [3.63, 3.8) is 0 Å². The first-order chi connectivity index (χ1) is 8.97. The van der Waals surface area contributed by atoms with Crippen LogP contribution in [-0.4, -0.2) is 11.0 Å². The minimum Gasteiger partial charge on any atom is -0.507 e. The molecule has 3 nitrogen and oxygen atoms in total. The van der Waals surface area contributed by atoms with Crippen LogP contribution < -0.4 is 5.32 Å². The Labute approximate surface area is 118 Å². The Balaban J connectivity index is 2.25. The topological polar surface area (TPSA) is 49.3 Å². The lowest BCUT2D eigenvalue weighted by atomic mass is 10.1. The van der Waals surface area contributed by atoms with E-state index in [4.69, 9.17) is 0 Å². The van der Waals surface area contributed by atoms with E-state index in [1.807, 2.05) is 0 Å². The normalized spacial score (nSPS) is 10.3. The summed E-state index contributed by atoms with van der Waals surface area (Å²) in [4.78, 5) is 12.0. The minimum absolute atomic E-state index is 0.119. The predicted octanol–water partition coefficient (Wildman–Crippen LogP) is 3.85. The Bertz CT molecular complexity index is 643. The molecule has 0 aromatic heterocycles. The monoisotopic (exact) mass is 323 g/mol. The Morgan fingerprint density at radius 2 is 2.00 bits per heavy atom. The molecule has 0 unspecified atom stereocenters. The highest BCUT2D eigenvalue weighted by Crippen LogP contribution is 2.24. The molecule has 0 aliphatic rings. The largest absolute Gasteiger partial charge is 0.507 e. The van der Waals surface area contributed by atoms with Crippen molar-refractivity contribution in [1.29, 1.82) is 0 Å². The molecule has 19 heavy (non-hydrogen) atoms.